The Morgan fingerprint density at radius 1 is 1.17 bits per heavy atom. The first-order chi connectivity index (χ1) is 14.0. The van der Waals surface area contributed by atoms with E-state index in [1.165, 1.54) is 12.1 Å². The highest BCUT2D eigenvalue weighted by Gasteiger charge is 2.46. The van der Waals surface area contributed by atoms with Gasteiger partial charge in [0.2, 0.25) is 0 Å². The molecule has 1 aromatic carbocycles. The molecule has 7 heteroatoms. The third-order valence-electron chi connectivity index (χ3n) is 5.72. The van der Waals surface area contributed by atoms with E-state index in [4.69, 9.17) is 9.47 Å². The molecule has 2 fully saturated rings. The normalized spacial score (nSPS) is 22.9. The average molecular weight is 421 g/mol. The van der Waals surface area contributed by atoms with Crippen LogP contribution < -0.4 is 0 Å². The first-order valence-corrected chi connectivity index (χ1v) is 10.6. The van der Waals surface area contributed by atoms with Crippen LogP contribution in [0.1, 0.15) is 57.8 Å². The van der Waals surface area contributed by atoms with Gasteiger partial charge in [0.15, 0.2) is 5.78 Å². The first kappa shape index (κ1) is 22.7. The number of hydrogen-bond acceptors (Lipinski definition) is 5. The second kappa shape index (κ2) is 8.63. The maximum atomic E-state index is 13.1. The molecule has 0 aromatic heterocycles. The van der Waals surface area contributed by atoms with Crippen LogP contribution >= 0.6 is 0 Å². The maximum absolute atomic E-state index is 13.1. The summed E-state index contributed by atoms with van der Waals surface area (Å²) in [7, 11) is 0. The zero-order valence-electron chi connectivity index (χ0n) is 18.6. The molecule has 0 spiro atoms. The zero-order valence-corrected chi connectivity index (χ0v) is 18.6. The van der Waals surface area contributed by atoms with Crippen LogP contribution in [0.2, 0.25) is 0 Å². The van der Waals surface area contributed by atoms with E-state index in [1.807, 2.05) is 34.6 Å². The molecule has 3 rings (SSSR count). The molecule has 2 aliphatic rings. The Hall–Kier alpha value is -1.99. The number of rotatable bonds is 4. The van der Waals surface area contributed by atoms with Gasteiger partial charge in [-0.15, -0.1) is 0 Å². The Labute approximate surface area is 178 Å². The van der Waals surface area contributed by atoms with Crippen LogP contribution in [0, 0.1) is 11.7 Å². The van der Waals surface area contributed by atoms with E-state index in [0.717, 1.165) is 25.9 Å². The van der Waals surface area contributed by atoms with Crippen molar-refractivity contribution in [2.24, 2.45) is 5.92 Å². The summed E-state index contributed by atoms with van der Waals surface area (Å²) >= 11 is 0. The Balaban J connectivity index is 1.57. The van der Waals surface area contributed by atoms with E-state index in [0.29, 0.717) is 18.7 Å². The molecule has 2 saturated heterocycles. The Bertz CT molecular complexity index is 764. The van der Waals surface area contributed by atoms with Crippen molar-refractivity contribution in [2.45, 2.75) is 64.8 Å². The number of halogens is 1. The summed E-state index contributed by atoms with van der Waals surface area (Å²) in [6.07, 6.45) is 1.13. The zero-order chi connectivity index (χ0) is 22.1. The van der Waals surface area contributed by atoms with Gasteiger partial charge < -0.3 is 14.4 Å². The number of ether oxygens (including phenoxy) is 2. The standard InChI is InChI=1S/C23H33FN2O4/c1-22(2,3)30-21(28)26-19(15-29-23(26,4)5)14-25-12-10-17(11-13-25)20(27)16-6-8-18(24)9-7-16/h6-9,17,19H,10-15H2,1-5H3. The summed E-state index contributed by atoms with van der Waals surface area (Å²) in [5, 5.41) is 0. The summed E-state index contributed by atoms with van der Waals surface area (Å²) in [6, 6.07) is 5.67. The molecule has 2 aliphatic heterocycles. The summed E-state index contributed by atoms with van der Waals surface area (Å²) in [5.41, 5.74) is -0.722. The lowest BCUT2D eigenvalue weighted by atomic mass is 9.88. The molecule has 30 heavy (non-hydrogen) atoms. The molecular formula is C23H33FN2O4. The van der Waals surface area contributed by atoms with Crippen molar-refractivity contribution < 1.29 is 23.5 Å². The molecule has 166 valence electrons. The van der Waals surface area contributed by atoms with Gasteiger partial charge in [0.05, 0.1) is 12.6 Å². The van der Waals surface area contributed by atoms with Crippen LogP contribution in [0.25, 0.3) is 0 Å². The van der Waals surface area contributed by atoms with E-state index < -0.39 is 11.3 Å². The number of amides is 1. The second-order valence-corrected chi connectivity index (χ2v) is 9.71. The highest BCUT2D eigenvalue weighted by molar-refractivity contribution is 5.97. The fraction of sp³-hybridized carbons (Fsp3) is 0.652. The van der Waals surface area contributed by atoms with Crippen molar-refractivity contribution in [2.75, 3.05) is 26.2 Å². The van der Waals surface area contributed by atoms with Gasteiger partial charge in [-0.2, -0.15) is 0 Å². The fourth-order valence-corrected chi connectivity index (χ4v) is 4.22. The number of benzene rings is 1. The second-order valence-electron chi connectivity index (χ2n) is 9.71. The van der Waals surface area contributed by atoms with Gasteiger partial charge in [-0.3, -0.25) is 9.69 Å². The monoisotopic (exact) mass is 420 g/mol. The maximum Gasteiger partial charge on any atom is 0.412 e. The van der Waals surface area contributed by atoms with E-state index in [9.17, 15) is 14.0 Å². The van der Waals surface area contributed by atoms with Gasteiger partial charge in [0, 0.05) is 18.0 Å². The highest BCUT2D eigenvalue weighted by Crippen LogP contribution is 2.31. The average Bonchev–Trinajstić information content (AvgIpc) is 2.95. The molecule has 1 amide bonds. The summed E-state index contributed by atoms with van der Waals surface area (Å²) in [4.78, 5) is 29.5. The molecule has 0 radical (unpaired) electrons. The van der Waals surface area contributed by atoms with Crippen molar-refractivity contribution in [3.63, 3.8) is 0 Å². The summed E-state index contributed by atoms with van der Waals surface area (Å²) < 4.78 is 24.6. The first-order valence-electron chi connectivity index (χ1n) is 10.6. The number of hydrogen-bond donors (Lipinski definition) is 0. The number of likely N-dealkylation sites (tertiary alicyclic amines) is 1. The summed E-state index contributed by atoms with van der Waals surface area (Å²) in [6.45, 7) is 12.0. The van der Waals surface area contributed by atoms with Gasteiger partial charge in [-0.1, -0.05) is 0 Å². The smallest absolute Gasteiger partial charge is 0.412 e. The van der Waals surface area contributed by atoms with Crippen molar-refractivity contribution >= 4 is 11.9 Å². The van der Waals surface area contributed by atoms with Crippen LogP contribution in [-0.4, -0.2) is 65.3 Å². The highest BCUT2D eigenvalue weighted by atomic mass is 19.1. The molecule has 1 unspecified atom stereocenters. The Kier molecular flexibility index (Phi) is 6.53. The Morgan fingerprint density at radius 3 is 2.33 bits per heavy atom. The molecular weight excluding hydrogens is 387 g/mol. The predicted octanol–water partition coefficient (Wildman–Crippen LogP) is 4.09. The van der Waals surface area contributed by atoms with Gasteiger partial charge in [-0.05, 0) is 84.8 Å². The molecule has 0 N–H and O–H groups in total. The minimum Gasteiger partial charge on any atom is -0.444 e. The van der Waals surface area contributed by atoms with Gasteiger partial charge >= 0.3 is 6.09 Å². The molecule has 6 nitrogen and oxygen atoms in total. The molecule has 1 aromatic rings. The number of ketones is 1. The number of nitrogens with zero attached hydrogens (tertiary/aromatic N) is 2. The largest absolute Gasteiger partial charge is 0.444 e. The molecule has 0 bridgehead atoms. The lowest BCUT2D eigenvalue weighted by molar-refractivity contribution is -0.0635. The fourth-order valence-electron chi connectivity index (χ4n) is 4.22. The minimum atomic E-state index is -0.718. The van der Waals surface area contributed by atoms with E-state index >= 15 is 0 Å². The van der Waals surface area contributed by atoms with Crippen LogP contribution in [-0.2, 0) is 9.47 Å². The molecule has 0 aliphatic carbocycles. The van der Waals surface area contributed by atoms with Crippen LogP contribution in [0.4, 0.5) is 9.18 Å². The Morgan fingerprint density at radius 2 is 1.77 bits per heavy atom. The molecule has 1 atom stereocenters. The minimum absolute atomic E-state index is 0.0510. The topological polar surface area (TPSA) is 59.1 Å². The van der Waals surface area contributed by atoms with Crippen LogP contribution in [0.15, 0.2) is 24.3 Å². The van der Waals surface area contributed by atoms with Crippen molar-refractivity contribution in [1.29, 1.82) is 0 Å². The van der Waals surface area contributed by atoms with Gasteiger partial charge in [0.1, 0.15) is 17.1 Å². The predicted molar refractivity (Wildman–Crippen MR) is 112 cm³/mol. The van der Waals surface area contributed by atoms with Crippen molar-refractivity contribution in [3.05, 3.63) is 35.6 Å². The SMILES string of the molecule is CC(C)(C)OC(=O)N1C(CN2CCC(C(=O)c3ccc(F)cc3)CC2)COC1(C)C. The number of carbonyl (C=O) groups is 2. The number of Topliss-reactive ketones (excluding diaryl/α,β-unsaturated/α-hetero) is 1. The lowest BCUT2D eigenvalue weighted by Crippen LogP contribution is -2.53. The lowest BCUT2D eigenvalue weighted by Gasteiger charge is -2.38. The third kappa shape index (κ3) is 5.38. The number of piperidine rings is 1. The quantitative estimate of drug-likeness (QED) is 0.687. The molecule has 2 heterocycles. The van der Waals surface area contributed by atoms with Crippen LogP contribution in [0.5, 0.6) is 0 Å². The van der Waals surface area contributed by atoms with Crippen molar-refractivity contribution in [3.8, 4) is 0 Å². The van der Waals surface area contributed by atoms with Crippen molar-refractivity contribution in [1.82, 2.24) is 9.80 Å². The third-order valence-corrected chi connectivity index (χ3v) is 5.72. The molecule has 0 saturated carbocycles. The van der Waals surface area contributed by atoms with Gasteiger partial charge in [0.25, 0.3) is 0 Å². The van der Waals surface area contributed by atoms with E-state index in [2.05, 4.69) is 4.90 Å². The van der Waals surface area contributed by atoms with Crippen LogP contribution in [0.3, 0.4) is 0 Å². The van der Waals surface area contributed by atoms with E-state index in [-0.39, 0.29) is 29.7 Å². The number of carbonyl (C=O) groups excluding carboxylic acids is 2. The summed E-state index contributed by atoms with van der Waals surface area (Å²) in [5.74, 6) is -0.307. The van der Waals surface area contributed by atoms with Gasteiger partial charge in [-0.25, -0.2) is 9.18 Å². The van der Waals surface area contributed by atoms with E-state index in [1.54, 1.807) is 17.0 Å².